The first-order valence-corrected chi connectivity index (χ1v) is 9.56. The number of pyridine rings is 1. The zero-order valence-corrected chi connectivity index (χ0v) is 16.6. The number of amides is 1. The molecule has 7 nitrogen and oxygen atoms in total. The molecule has 152 valence electrons. The lowest BCUT2D eigenvalue weighted by atomic mass is 10.1. The number of rotatable bonds is 2. The van der Waals surface area contributed by atoms with E-state index in [0.29, 0.717) is 29.1 Å². The molecule has 1 aliphatic rings. The second-order valence-electron chi connectivity index (χ2n) is 8.20. The van der Waals surface area contributed by atoms with E-state index >= 15 is 0 Å². The van der Waals surface area contributed by atoms with Crippen LogP contribution in [0.2, 0.25) is 0 Å². The molecular weight excluding hydrogens is 375 g/mol. The molecule has 3 aromatic rings. The van der Waals surface area contributed by atoms with E-state index < -0.39 is 11.4 Å². The molecule has 4 rings (SSSR count). The number of benzene rings is 1. The lowest BCUT2D eigenvalue weighted by molar-refractivity contribution is 0.0217. The van der Waals surface area contributed by atoms with Gasteiger partial charge in [-0.1, -0.05) is 0 Å². The molecule has 1 saturated heterocycles. The van der Waals surface area contributed by atoms with Crippen molar-refractivity contribution < 1.29 is 19.0 Å². The van der Waals surface area contributed by atoms with E-state index in [0.717, 1.165) is 18.9 Å². The van der Waals surface area contributed by atoms with E-state index in [2.05, 4.69) is 10.2 Å². The van der Waals surface area contributed by atoms with Crippen LogP contribution in [0.3, 0.4) is 0 Å². The molecule has 1 unspecified atom stereocenters. The Morgan fingerprint density at radius 2 is 2.03 bits per heavy atom. The molecule has 8 heteroatoms. The minimum Gasteiger partial charge on any atom is -0.507 e. The molecule has 0 radical (unpaired) electrons. The summed E-state index contributed by atoms with van der Waals surface area (Å²) < 4.78 is 20.7. The minimum absolute atomic E-state index is 0.143. The first kappa shape index (κ1) is 19.2. The maximum Gasteiger partial charge on any atom is 0.410 e. The predicted molar refractivity (Wildman–Crippen MR) is 105 cm³/mol. The topological polar surface area (TPSA) is 80.0 Å². The Hall–Kier alpha value is -3.16. The largest absolute Gasteiger partial charge is 0.507 e. The van der Waals surface area contributed by atoms with E-state index in [1.165, 1.54) is 12.1 Å². The molecular formula is C21H23FN4O3. The Kier molecular flexibility index (Phi) is 4.64. The van der Waals surface area contributed by atoms with Gasteiger partial charge in [-0.3, -0.25) is 9.30 Å². The van der Waals surface area contributed by atoms with Gasteiger partial charge in [0.15, 0.2) is 11.5 Å². The smallest absolute Gasteiger partial charge is 0.410 e. The highest BCUT2D eigenvalue weighted by Gasteiger charge is 2.35. The van der Waals surface area contributed by atoms with E-state index in [1.54, 1.807) is 23.2 Å². The molecule has 1 aliphatic heterocycles. The van der Waals surface area contributed by atoms with Crippen LogP contribution in [0.5, 0.6) is 5.75 Å². The first-order valence-electron chi connectivity index (χ1n) is 9.56. The highest BCUT2D eigenvalue weighted by Crippen LogP contribution is 2.34. The van der Waals surface area contributed by atoms with Gasteiger partial charge < -0.3 is 9.84 Å². The van der Waals surface area contributed by atoms with Crippen LogP contribution >= 0.6 is 0 Å². The number of aromatic hydroxyl groups is 1. The fourth-order valence-electron chi connectivity index (χ4n) is 3.62. The third kappa shape index (κ3) is 3.74. The molecule has 0 bridgehead atoms. The summed E-state index contributed by atoms with van der Waals surface area (Å²) in [6, 6.07) is 7.22. The van der Waals surface area contributed by atoms with Crippen LogP contribution < -0.4 is 0 Å². The number of hydrogen-bond donors (Lipinski definition) is 1. The normalized spacial score (nSPS) is 17.1. The third-order valence-electron chi connectivity index (χ3n) is 4.88. The summed E-state index contributed by atoms with van der Waals surface area (Å²) in [5.41, 5.74) is 1.24. The maximum atomic E-state index is 13.3. The molecule has 0 aliphatic carbocycles. The van der Waals surface area contributed by atoms with Crippen molar-refractivity contribution in [3.8, 4) is 16.9 Å². The Labute approximate surface area is 167 Å². The zero-order chi connectivity index (χ0) is 20.8. The van der Waals surface area contributed by atoms with Gasteiger partial charge in [-0.05, 0) is 57.9 Å². The second kappa shape index (κ2) is 7.02. The average Bonchev–Trinajstić information content (AvgIpc) is 3.26. The summed E-state index contributed by atoms with van der Waals surface area (Å²) in [5, 5.41) is 18.7. The van der Waals surface area contributed by atoms with Crippen LogP contribution in [0.15, 0.2) is 36.5 Å². The van der Waals surface area contributed by atoms with Crippen molar-refractivity contribution in [3.63, 3.8) is 0 Å². The third-order valence-corrected chi connectivity index (χ3v) is 4.88. The number of fused-ring (bicyclic) bond motifs is 1. The summed E-state index contributed by atoms with van der Waals surface area (Å²) in [6.45, 7) is 6.10. The Morgan fingerprint density at radius 3 is 2.76 bits per heavy atom. The van der Waals surface area contributed by atoms with Crippen molar-refractivity contribution in [2.75, 3.05) is 6.54 Å². The molecule has 3 heterocycles. The van der Waals surface area contributed by atoms with Crippen LogP contribution in [0.1, 0.15) is 45.5 Å². The van der Waals surface area contributed by atoms with Crippen LogP contribution in [0.25, 0.3) is 16.8 Å². The van der Waals surface area contributed by atoms with Gasteiger partial charge in [-0.2, -0.15) is 0 Å². The number of ether oxygens (including phenoxy) is 1. The van der Waals surface area contributed by atoms with E-state index in [-0.39, 0.29) is 17.9 Å². The summed E-state index contributed by atoms with van der Waals surface area (Å²) in [7, 11) is 0. The quantitative estimate of drug-likeness (QED) is 0.696. The summed E-state index contributed by atoms with van der Waals surface area (Å²) in [6.07, 6.45) is 3.02. The average molecular weight is 398 g/mol. The Bertz CT molecular complexity index is 1070. The highest BCUT2D eigenvalue weighted by atomic mass is 19.1. The van der Waals surface area contributed by atoms with Crippen molar-refractivity contribution in [1.82, 2.24) is 19.5 Å². The zero-order valence-electron chi connectivity index (χ0n) is 16.6. The van der Waals surface area contributed by atoms with Crippen molar-refractivity contribution in [3.05, 3.63) is 48.2 Å². The number of aromatic nitrogens is 3. The molecule has 0 spiro atoms. The fourth-order valence-corrected chi connectivity index (χ4v) is 3.62. The molecule has 1 aromatic carbocycles. The van der Waals surface area contributed by atoms with E-state index in [1.807, 2.05) is 25.2 Å². The summed E-state index contributed by atoms with van der Waals surface area (Å²) >= 11 is 0. The number of phenolic OH excluding ortho intramolecular Hbond substituents is 1. The van der Waals surface area contributed by atoms with Gasteiger partial charge in [0, 0.05) is 29.9 Å². The molecule has 0 saturated carbocycles. The number of hydrogen-bond acceptors (Lipinski definition) is 5. The van der Waals surface area contributed by atoms with Crippen molar-refractivity contribution in [2.24, 2.45) is 0 Å². The number of halogens is 1. The van der Waals surface area contributed by atoms with Gasteiger partial charge >= 0.3 is 6.09 Å². The maximum absolute atomic E-state index is 13.3. The predicted octanol–water partition coefficient (Wildman–Crippen LogP) is 4.31. The van der Waals surface area contributed by atoms with Gasteiger partial charge in [0.05, 0.1) is 6.04 Å². The van der Waals surface area contributed by atoms with Gasteiger partial charge in [0.2, 0.25) is 0 Å². The molecule has 1 N–H and O–H groups in total. The number of nitrogens with zero attached hydrogens (tertiary/aromatic N) is 4. The highest BCUT2D eigenvalue weighted by molar-refractivity contribution is 5.71. The summed E-state index contributed by atoms with van der Waals surface area (Å²) in [4.78, 5) is 14.3. The fraction of sp³-hybridized carbons (Fsp3) is 0.381. The molecule has 1 amide bonds. The van der Waals surface area contributed by atoms with Crippen molar-refractivity contribution in [2.45, 2.75) is 45.3 Å². The first-order chi connectivity index (χ1) is 13.7. The molecule has 1 atom stereocenters. The summed E-state index contributed by atoms with van der Waals surface area (Å²) in [5.74, 6) is -0.0155. The minimum atomic E-state index is -0.579. The lowest BCUT2D eigenvalue weighted by Gasteiger charge is -2.27. The van der Waals surface area contributed by atoms with Gasteiger partial charge in [0.1, 0.15) is 17.2 Å². The van der Waals surface area contributed by atoms with E-state index in [9.17, 15) is 14.3 Å². The number of likely N-dealkylation sites (tertiary alicyclic amines) is 1. The van der Waals surface area contributed by atoms with Gasteiger partial charge in [0.25, 0.3) is 0 Å². The van der Waals surface area contributed by atoms with E-state index in [4.69, 9.17) is 4.74 Å². The van der Waals surface area contributed by atoms with Crippen molar-refractivity contribution >= 4 is 11.7 Å². The van der Waals surface area contributed by atoms with Gasteiger partial charge in [-0.25, -0.2) is 9.18 Å². The second-order valence-corrected chi connectivity index (χ2v) is 8.20. The monoisotopic (exact) mass is 398 g/mol. The molecule has 2 aromatic heterocycles. The lowest BCUT2D eigenvalue weighted by Crippen LogP contribution is -2.36. The van der Waals surface area contributed by atoms with Crippen LogP contribution in [0, 0.1) is 5.82 Å². The van der Waals surface area contributed by atoms with Gasteiger partial charge in [-0.15, -0.1) is 10.2 Å². The van der Waals surface area contributed by atoms with Crippen LogP contribution in [0.4, 0.5) is 9.18 Å². The molecule has 1 fully saturated rings. The standard InChI is InChI=1S/C21H23FN4O3/c1-21(2,3)29-20(28)25-10-4-5-16(25)19-24-23-18-9-6-13(12-26(18)19)15-8-7-14(22)11-17(15)27/h6-9,11-12,16,27H,4-5,10H2,1-3H3. The van der Waals surface area contributed by atoms with Crippen LogP contribution in [-0.2, 0) is 4.74 Å². The number of phenols is 1. The number of carbonyl (C=O) groups is 1. The SMILES string of the molecule is CC(C)(C)OC(=O)N1CCCC1c1nnc2ccc(-c3ccc(F)cc3O)cn12. The Morgan fingerprint density at radius 1 is 1.24 bits per heavy atom. The molecule has 29 heavy (non-hydrogen) atoms. The number of carbonyl (C=O) groups excluding carboxylic acids is 1. The van der Waals surface area contributed by atoms with Crippen molar-refractivity contribution in [1.29, 1.82) is 0 Å². The van der Waals surface area contributed by atoms with Crippen LogP contribution in [-0.4, -0.2) is 42.8 Å². The Balaban J connectivity index is 1.71.